The van der Waals surface area contributed by atoms with Gasteiger partial charge >= 0.3 is 0 Å². The van der Waals surface area contributed by atoms with Gasteiger partial charge in [-0.1, -0.05) is 546 Å². The summed E-state index contributed by atoms with van der Waals surface area (Å²) in [5.41, 5.74) is 29.7. The van der Waals surface area contributed by atoms with Crippen molar-refractivity contribution in [3.63, 3.8) is 0 Å². The van der Waals surface area contributed by atoms with Gasteiger partial charge in [0.25, 0.3) is 0 Å². The van der Waals surface area contributed by atoms with Crippen LogP contribution in [0.1, 0.15) is 111 Å². The lowest BCUT2D eigenvalue weighted by molar-refractivity contribution is 1.28. The Hall–Kier alpha value is -17.0. The molecule has 0 bridgehead atoms. The molecule has 0 atom stereocenters. The minimum Gasteiger partial charge on any atom is -0.311 e. The van der Waals surface area contributed by atoms with Crippen molar-refractivity contribution < 1.29 is 0 Å². The summed E-state index contributed by atoms with van der Waals surface area (Å²) in [6.07, 6.45) is 67.8. The predicted octanol–water partition coefficient (Wildman–Crippen LogP) is 35.4. The van der Waals surface area contributed by atoms with E-state index in [4.69, 9.17) is 0 Å². The summed E-state index contributed by atoms with van der Waals surface area (Å²) < 4.78 is 0. The second-order valence-electron chi connectivity index (χ2n) is 31.0. The summed E-state index contributed by atoms with van der Waals surface area (Å²) in [5, 5.41) is 0. The first-order valence-corrected chi connectivity index (χ1v) is 44.1. The summed E-state index contributed by atoms with van der Waals surface area (Å²) in [5.74, 6) is 0. The molecule has 0 heterocycles. The first-order valence-electron chi connectivity index (χ1n) is 44.1. The first kappa shape index (κ1) is 87.8. The fraction of sp³-hybridized carbons (Fsp3) is 0. The van der Waals surface area contributed by atoms with Crippen molar-refractivity contribution in [3.05, 3.63) is 609 Å². The third-order valence-electron chi connectivity index (χ3n) is 21.5. The third kappa shape index (κ3) is 28.5. The number of hydrogen-bond acceptors (Lipinski definition) is 2. The van der Waals surface area contributed by atoms with Crippen molar-refractivity contribution in [1.82, 2.24) is 0 Å². The Morgan fingerprint density at radius 2 is 0.169 bits per heavy atom. The monoisotopic (exact) mass is 1670 g/mol. The van der Waals surface area contributed by atoms with E-state index in [-0.39, 0.29) is 0 Å². The summed E-state index contributed by atoms with van der Waals surface area (Å²) in [4.78, 5) is 4.62. The normalized spacial score (nSPS) is 12.1. The van der Waals surface area contributed by atoms with Crippen molar-refractivity contribution in [1.29, 1.82) is 0 Å². The molecule has 16 rings (SSSR count). The summed E-state index contributed by atoms with van der Waals surface area (Å²) in [7, 11) is 0. The molecule has 2 heteroatoms. The van der Waals surface area contributed by atoms with Crippen LogP contribution in [-0.2, 0) is 0 Å². The van der Waals surface area contributed by atoms with E-state index in [0.29, 0.717) is 0 Å². The van der Waals surface area contributed by atoms with Gasteiger partial charge in [-0.3, -0.25) is 0 Å². The van der Waals surface area contributed by atoms with Crippen molar-refractivity contribution in [2.75, 3.05) is 9.80 Å². The maximum Gasteiger partial charge on any atom is 0.0462 e. The Morgan fingerprint density at radius 3 is 0.277 bits per heavy atom. The highest BCUT2D eigenvalue weighted by atomic mass is 15.1. The van der Waals surface area contributed by atoms with Gasteiger partial charge in [0, 0.05) is 34.1 Å². The Labute approximate surface area is 768 Å². The lowest BCUT2D eigenvalue weighted by Crippen LogP contribution is -2.09. The number of nitrogens with zero attached hydrogens (tertiary/aromatic N) is 2. The van der Waals surface area contributed by atoms with Gasteiger partial charge in [0.2, 0.25) is 0 Å². The van der Waals surface area contributed by atoms with E-state index in [9.17, 15) is 0 Å². The maximum atomic E-state index is 2.32. The van der Waals surface area contributed by atoms with E-state index in [1.54, 1.807) is 0 Å². The van der Waals surface area contributed by atoms with E-state index < -0.39 is 0 Å². The minimum atomic E-state index is 1.08. The highest BCUT2D eigenvalue weighted by molar-refractivity contribution is 5.84. The third-order valence-corrected chi connectivity index (χ3v) is 21.5. The maximum absolute atomic E-state index is 2.32. The molecule has 16 aromatic rings. The summed E-state index contributed by atoms with van der Waals surface area (Å²) >= 11 is 0. The molecule has 0 aromatic heterocycles. The molecule has 0 amide bonds. The van der Waals surface area contributed by atoms with Gasteiger partial charge in [0.05, 0.1) is 0 Å². The Morgan fingerprint density at radius 1 is 0.0846 bits per heavy atom. The number of rotatable bonds is 32. The van der Waals surface area contributed by atoms with Crippen molar-refractivity contribution in [2.45, 2.75) is 0 Å². The zero-order valence-corrected chi connectivity index (χ0v) is 72.8. The van der Waals surface area contributed by atoms with Crippen LogP contribution >= 0.6 is 0 Å². The molecule has 0 saturated heterocycles. The average Bonchev–Trinajstić information content (AvgIpc) is 0.806. The number of benzene rings is 16. The van der Waals surface area contributed by atoms with Gasteiger partial charge in [-0.2, -0.15) is 0 Å². The van der Waals surface area contributed by atoms with E-state index in [1.807, 2.05) is 36.4 Å². The van der Waals surface area contributed by atoms with Gasteiger partial charge in [0.15, 0.2) is 0 Å². The fourth-order valence-electron chi connectivity index (χ4n) is 14.3. The highest BCUT2D eigenvalue weighted by Gasteiger charge is 2.15. The van der Waals surface area contributed by atoms with Crippen LogP contribution in [0.5, 0.6) is 0 Å². The summed E-state index contributed by atoms with van der Waals surface area (Å²) in [6, 6.07) is 149. The Bertz CT molecular complexity index is 6210. The predicted molar refractivity (Wildman–Crippen MR) is 571 cm³/mol. The van der Waals surface area contributed by atoms with Crippen molar-refractivity contribution >= 4 is 156 Å². The molecule has 16 aromatic carbocycles. The first-order chi connectivity index (χ1) is 64.4. The van der Waals surface area contributed by atoms with Gasteiger partial charge in [-0.25, -0.2) is 0 Å². The topological polar surface area (TPSA) is 6.48 Å². The van der Waals surface area contributed by atoms with Crippen LogP contribution in [0.3, 0.4) is 0 Å². The molecule has 0 aliphatic rings. The zero-order valence-electron chi connectivity index (χ0n) is 72.8. The Balaban J connectivity index is 0.000000206. The average molecular weight is 1670 g/mol. The lowest BCUT2D eigenvalue weighted by atomic mass is 10.1. The molecule has 0 aliphatic carbocycles. The molecule has 0 spiro atoms. The molecular formula is C128H102N2. The summed E-state index contributed by atoms with van der Waals surface area (Å²) in [6.45, 7) is 0. The van der Waals surface area contributed by atoms with Gasteiger partial charge in [0.1, 0.15) is 0 Å². The fourth-order valence-corrected chi connectivity index (χ4v) is 14.3. The van der Waals surface area contributed by atoms with Gasteiger partial charge in [-0.15, -0.1) is 0 Å². The van der Waals surface area contributed by atoms with Gasteiger partial charge in [-0.05, 0) is 184 Å². The second-order valence-corrected chi connectivity index (χ2v) is 31.0. The van der Waals surface area contributed by atoms with Crippen LogP contribution in [-0.4, -0.2) is 0 Å². The molecule has 130 heavy (non-hydrogen) atoms. The number of allylic oxidation sites excluding steroid dienone is 12. The van der Waals surface area contributed by atoms with E-state index in [1.165, 1.54) is 38.9 Å². The minimum absolute atomic E-state index is 1.08. The second kappa shape index (κ2) is 48.3. The van der Waals surface area contributed by atoms with Crippen LogP contribution in [0.15, 0.2) is 498 Å². The Kier molecular flexibility index (Phi) is 32.6. The zero-order chi connectivity index (χ0) is 88.3. The standard InChI is InChI=1S/C72H57N.C56H45N/c1-4-16-58(17-5-1)22-10-13-25-61-28-34-64(35-29-61)40-43-67-46-52-70(53-47-67)73(71-54-48-68(49-55-71)44-41-65-36-30-62(31-37-65)26-14-11-23-59-18-6-2-7-19-59)72-56-50-69(51-57-72)45-42-66-38-32-63(33-39-66)27-15-12-24-60-20-8-3-9-21-60;1-4-16-46(17-5-1)22-10-13-25-49-28-30-52(31-29-49)32-33-53-38-44-56(45-39-53)57(54-40-34-50(35-41-54)26-14-11-23-47-18-6-2-7-19-47)55-42-36-51(37-43-55)27-15-12-24-48-20-8-3-9-21-48/h1-57H;1-45H/b22-10+,23-11+,24-12+,25-13+,26-14+,27-15+,43-40+,44-41+,45-42+;22-10+,23-11+,24-12+,25-13+,26-14+,27-15+,33-32+. The van der Waals surface area contributed by atoms with E-state index >= 15 is 0 Å². The van der Waals surface area contributed by atoms with Crippen LogP contribution in [0.25, 0.3) is 122 Å². The van der Waals surface area contributed by atoms with Crippen LogP contribution < -0.4 is 9.80 Å². The molecule has 0 saturated carbocycles. The molecule has 0 N–H and O–H groups in total. The van der Waals surface area contributed by atoms with Crippen LogP contribution in [0, 0.1) is 0 Å². The molecular weight excluding hydrogens is 1570 g/mol. The molecule has 0 unspecified atom stereocenters. The van der Waals surface area contributed by atoms with E-state index in [2.05, 4.69) is 592 Å². The van der Waals surface area contributed by atoms with Crippen molar-refractivity contribution in [2.24, 2.45) is 0 Å². The SMILES string of the molecule is C(/C=C/c1ccc(/C=C/c2ccc(N(c3ccc(/C=C/C=C/c4ccccc4)cc3)c3ccc(/C=C/C=C/c4ccccc4)cc3)cc2)cc1)=C\c1ccccc1.C(/C=C/c1ccc(/C=C/c2ccc(N(c3ccc(/C=C/c4ccc(/C=C/C=C/c5ccccc5)cc4)cc3)c3ccc(/C=C/c4ccc(/C=C/C=C/c5ccccc5)cc4)cc3)cc2)cc1)=C\c1ccccc1. The smallest absolute Gasteiger partial charge is 0.0462 e. The lowest BCUT2D eigenvalue weighted by Gasteiger charge is -2.26. The molecule has 0 aliphatic heterocycles. The van der Waals surface area contributed by atoms with Gasteiger partial charge < -0.3 is 9.80 Å². The van der Waals surface area contributed by atoms with Crippen LogP contribution in [0.4, 0.5) is 34.1 Å². The largest absolute Gasteiger partial charge is 0.311 e. The molecule has 2 nitrogen and oxygen atoms in total. The number of anilines is 6. The quantitative estimate of drug-likeness (QED) is 0.0306. The molecule has 0 fully saturated rings. The number of hydrogen-bond donors (Lipinski definition) is 0. The molecule has 0 radical (unpaired) electrons. The van der Waals surface area contributed by atoms with Crippen LogP contribution in [0.2, 0.25) is 0 Å². The van der Waals surface area contributed by atoms with Crippen molar-refractivity contribution in [3.8, 4) is 0 Å². The van der Waals surface area contributed by atoms with E-state index in [0.717, 1.165) is 106 Å². The molecule has 624 valence electrons. The highest BCUT2D eigenvalue weighted by Crippen LogP contribution is 2.38.